The summed E-state index contributed by atoms with van der Waals surface area (Å²) in [4.78, 5) is 4.54. The van der Waals surface area contributed by atoms with Crippen LogP contribution < -0.4 is 10.5 Å². The Hall–Kier alpha value is -2.03. The summed E-state index contributed by atoms with van der Waals surface area (Å²) < 4.78 is 5.71. The molecule has 0 saturated heterocycles. The van der Waals surface area contributed by atoms with E-state index < -0.39 is 0 Å². The van der Waals surface area contributed by atoms with E-state index in [2.05, 4.69) is 11.1 Å². The minimum Gasteiger partial charge on any atom is -0.473 e. The van der Waals surface area contributed by atoms with Crippen LogP contribution in [-0.4, -0.2) is 4.98 Å². The van der Waals surface area contributed by atoms with Gasteiger partial charge in [0.1, 0.15) is 6.61 Å². The second-order valence-electron chi connectivity index (χ2n) is 4.64. The largest absolute Gasteiger partial charge is 0.473 e. The number of aryl methyl sites for hydroxylation is 2. The minimum absolute atomic E-state index is 0.534. The number of aromatic nitrogens is 1. The summed E-state index contributed by atoms with van der Waals surface area (Å²) in [5.74, 6) is 0.715. The molecule has 2 aromatic rings. The van der Waals surface area contributed by atoms with E-state index in [4.69, 9.17) is 10.5 Å². The zero-order valence-electron chi connectivity index (χ0n) is 10.2. The molecule has 0 unspecified atom stereocenters. The predicted octanol–water partition coefficient (Wildman–Crippen LogP) is 2.73. The van der Waals surface area contributed by atoms with Crippen LogP contribution in [0.4, 0.5) is 5.69 Å². The van der Waals surface area contributed by atoms with Crippen molar-refractivity contribution in [2.45, 2.75) is 25.9 Å². The SMILES string of the molecule is Nc1ccc(COc2ccc3c(n2)CCC3)cc1. The van der Waals surface area contributed by atoms with Crippen molar-refractivity contribution in [1.82, 2.24) is 4.98 Å². The van der Waals surface area contributed by atoms with Crippen LogP contribution >= 0.6 is 0 Å². The Labute approximate surface area is 107 Å². The predicted molar refractivity (Wildman–Crippen MR) is 71.4 cm³/mol. The normalized spacial score (nSPS) is 13.3. The molecule has 1 aromatic heterocycles. The third kappa shape index (κ3) is 2.30. The first-order chi connectivity index (χ1) is 8.81. The van der Waals surface area contributed by atoms with Gasteiger partial charge in [-0.15, -0.1) is 0 Å². The molecule has 0 amide bonds. The van der Waals surface area contributed by atoms with E-state index in [9.17, 15) is 0 Å². The average molecular weight is 240 g/mol. The number of fused-ring (bicyclic) bond motifs is 1. The van der Waals surface area contributed by atoms with E-state index in [-0.39, 0.29) is 0 Å². The van der Waals surface area contributed by atoms with Gasteiger partial charge in [-0.05, 0) is 42.5 Å². The van der Waals surface area contributed by atoms with Crippen LogP contribution in [0.25, 0.3) is 0 Å². The molecule has 3 nitrogen and oxygen atoms in total. The summed E-state index contributed by atoms with van der Waals surface area (Å²) in [6, 6.07) is 11.8. The van der Waals surface area contributed by atoms with Crippen molar-refractivity contribution in [3.8, 4) is 5.88 Å². The number of rotatable bonds is 3. The van der Waals surface area contributed by atoms with Gasteiger partial charge in [-0.3, -0.25) is 0 Å². The Morgan fingerprint density at radius 2 is 1.89 bits per heavy atom. The molecule has 1 aliphatic carbocycles. The lowest BCUT2D eigenvalue weighted by atomic mass is 10.2. The van der Waals surface area contributed by atoms with Crippen LogP contribution in [-0.2, 0) is 19.4 Å². The fraction of sp³-hybridized carbons (Fsp3) is 0.267. The van der Waals surface area contributed by atoms with E-state index in [1.165, 1.54) is 17.7 Å². The number of hydrogen-bond donors (Lipinski definition) is 1. The van der Waals surface area contributed by atoms with E-state index in [0.29, 0.717) is 12.5 Å². The zero-order chi connectivity index (χ0) is 12.4. The number of hydrogen-bond acceptors (Lipinski definition) is 3. The number of benzene rings is 1. The number of nitrogens with zero attached hydrogens (tertiary/aromatic N) is 1. The number of anilines is 1. The molecule has 2 N–H and O–H groups in total. The highest BCUT2D eigenvalue weighted by atomic mass is 16.5. The molecule has 0 fully saturated rings. The summed E-state index contributed by atoms with van der Waals surface area (Å²) >= 11 is 0. The van der Waals surface area contributed by atoms with Gasteiger partial charge in [-0.2, -0.15) is 0 Å². The third-order valence-electron chi connectivity index (χ3n) is 3.27. The van der Waals surface area contributed by atoms with Crippen LogP contribution in [0, 0.1) is 0 Å². The maximum Gasteiger partial charge on any atom is 0.213 e. The number of ether oxygens (including phenoxy) is 1. The number of nitrogen functional groups attached to an aromatic ring is 1. The molecule has 18 heavy (non-hydrogen) atoms. The van der Waals surface area contributed by atoms with Crippen LogP contribution in [0.5, 0.6) is 5.88 Å². The third-order valence-corrected chi connectivity index (χ3v) is 3.27. The molecule has 0 spiro atoms. The molecule has 1 aromatic carbocycles. The molecule has 0 bridgehead atoms. The number of nitrogens with two attached hydrogens (primary N) is 1. The van der Waals surface area contributed by atoms with E-state index in [1.807, 2.05) is 30.3 Å². The van der Waals surface area contributed by atoms with Gasteiger partial charge in [-0.25, -0.2) is 4.98 Å². The fourth-order valence-corrected chi connectivity index (χ4v) is 2.25. The maximum atomic E-state index is 5.71. The monoisotopic (exact) mass is 240 g/mol. The molecule has 3 heteroatoms. The van der Waals surface area contributed by atoms with Crippen molar-refractivity contribution in [1.29, 1.82) is 0 Å². The first-order valence-corrected chi connectivity index (χ1v) is 6.27. The van der Waals surface area contributed by atoms with Gasteiger partial charge in [0.2, 0.25) is 5.88 Å². The molecular formula is C15H16N2O. The lowest BCUT2D eigenvalue weighted by Crippen LogP contribution is -1.99. The van der Waals surface area contributed by atoms with Crippen molar-refractivity contribution >= 4 is 5.69 Å². The van der Waals surface area contributed by atoms with E-state index >= 15 is 0 Å². The Balaban J connectivity index is 1.68. The molecule has 92 valence electrons. The van der Waals surface area contributed by atoms with Crippen molar-refractivity contribution in [2.75, 3.05) is 5.73 Å². The summed E-state index contributed by atoms with van der Waals surface area (Å²) in [6.07, 6.45) is 3.44. The van der Waals surface area contributed by atoms with E-state index in [1.54, 1.807) is 0 Å². The van der Waals surface area contributed by atoms with Crippen molar-refractivity contribution in [3.05, 3.63) is 53.2 Å². The van der Waals surface area contributed by atoms with Gasteiger partial charge in [0.15, 0.2) is 0 Å². The summed E-state index contributed by atoms with van der Waals surface area (Å²) in [5.41, 5.74) is 10.1. The van der Waals surface area contributed by atoms with Crippen molar-refractivity contribution < 1.29 is 4.74 Å². The fourth-order valence-electron chi connectivity index (χ4n) is 2.25. The van der Waals surface area contributed by atoms with Gasteiger partial charge in [0.05, 0.1) is 0 Å². The molecule has 0 saturated carbocycles. The molecule has 0 aliphatic heterocycles. The first kappa shape index (κ1) is 11.1. The molecule has 3 rings (SSSR count). The molecule has 1 aliphatic rings. The second kappa shape index (κ2) is 4.69. The lowest BCUT2D eigenvalue weighted by Gasteiger charge is -2.07. The number of pyridine rings is 1. The Kier molecular flexibility index (Phi) is 2.89. The summed E-state index contributed by atoms with van der Waals surface area (Å²) in [7, 11) is 0. The van der Waals surface area contributed by atoms with Crippen LogP contribution in [0.3, 0.4) is 0 Å². The molecule has 0 radical (unpaired) electrons. The molecule has 1 heterocycles. The van der Waals surface area contributed by atoms with Crippen LogP contribution in [0.1, 0.15) is 23.2 Å². The maximum absolute atomic E-state index is 5.71. The summed E-state index contributed by atoms with van der Waals surface area (Å²) in [6.45, 7) is 0.534. The quantitative estimate of drug-likeness (QED) is 0.839. The molecule has 0 atom stereocenters. The van der Waals surface area contributed by atoms with Crippen LogP contribution in [0.2, 0.25) is 0 Å². The molecular weight excluding hydrogens is 224 g/mol. The topological polar surface area (TPSA) is 48.1 Å². The van der Waals surface area contributed by atoms with Crippen LogP contribution in [0.15, 0.2) is 36.4 Å². The smallest absolute Gasteiger partial charge is 0.213 e. The first-order valence-electron chi connectivity index (χ1n) is 6.27. The van der Waals surface area contributed by atoms with Crippen molar-refractivity contribution in [2.24, 2.45) is 0 Å². The Morgan fingerprint density at radius 3 is 2.72 bits per heavy atom. The van der Waals surface area contributed by atoms with E-state index in [0.717, 1.165) is 24.1 Å². The minimum atomic E-state index is 0.534. The summed E-state index contributed by atoms with van der Waals surface area (Å²) in [5, 5.41) is 0. The lowest BCUT2D eigenvalue weighted by molar-refractivity contribution is 0.293. The van der Waals surface area contributed by atoms with Gasteiger partial charge in [-0.1, -0.05) is 18.2 Å². The average Bonchev–Trinajstić information content (AvgIpc) is 2.85. The second-order valence-corrected chi connectivity index (χ2v) is 4.64. The Bertz CT molecular complexity index is 549. The van der Waals surface area contributed by atoms with Gasteiger partial charge in [0.25, 0.3) is 0 Å². The van der Waals surface area contributed by atoms with Gasteiger partial charge in [0, 0.05) is 17.4 Å². The Morgan fingerprint density at radius 1 is 1.06 bits per heavy atom. The standard InChI is InChI=1S/C15H16N2O/c16-13-7-4-11(5-8-13)10-18-15-9-6-12-2-1-3-14(12)17-15/h4-9H,1-3,10,16H2. The van der Waals surface area contributed by atoms with Crippen molar-refractivity contribution in [3.63, 3.8) is 0 Å². The van der Waals surface area contributed by atoms with Gasteiger partial charge < -0.3 is 10.5 Å². The zero-order valence-corrected chi connectivity index (χ0v) is 10.2. The highest BCUT2D eigenvalue weighted by molar-refractivity contribution is 5.39. The highest BCUT2D eigenvalue weighted by Gasteiger charge is 2.12. The van der Waals surface area contributed by atoms with Gasteiger partial charge >= 0.3 is 0 Å². The highest BCUT2D eigenvalue weighted by Crippen LogP contribution is 2.22.